The van der Waals surface area contributed by atoms with Crippen molar-refractivity contribution >= 4 is 5.78 Å². The summed E-state index contributed by atoms with van der Waals surface area (Å²) < 4.78 is 0. The van der Waals surface area contributed by atoms with Gasteiger partial charge in [-0.3, -0.25) is 4.79 Å². The zero-order valence-electron chi connectivity index (χ0n) is 14.9. The van der Waals surface area contributed by atoms with Crippen LogP contribution in [0.3, 0.4) is 0 Å². The summed E-state index contributed by atoms with van der Waals surface area (Å²) >= 11 is 0. The maximum absolute atomic E-state index is 13.0. The van der Waals surface area contributed by atoms with Crippen LogP contribution in [0.2, 0.25) is 0 Å². The average Bonchev–Trinajstić information content (AvgIpc) is 2.85. The maximum atomic E-state index is 13.0. The van der Waals surface area contributed by atoms with E-state index in [1.165, 1.54) is 0 Å². The third-order valence-corrected chi connectivity index (χ3v) is 8.75. The molecule has 2 heteroatoms. The number of aliphatic hydroxyl groups is 1. The van der Waals surface area contributed by atoms with Gasteiger partial charge in [0.1, 0.15) is 5.78 Å². The normalized spacial score (nSPS) is 57.5. The van der Waals surface area contributed by atoms with Crippen LogP contribution < -0.4 is 0 Å². The Hall–Kier alpha value is -0.630. The molecule has 0 radical (unpaired) electrons. The Morgan fingerprint density at radius 3 is 2.45 bits per heavy atom. The third-order valence-electron chi connectivity index (χ3n) is 8.75. The van der Waals surface area contributed by atoms with E-state index in [1.54, 1.807) is 0 Å². The monoisotopic (exact) mass is 304 g/mol. The lowest BCUT2D eigenvalue weighted by Gasteiger charge is -2.50. The second-order valence-corrected chi connectivity index (χ2v) is 8.82. The van der Waals surface area contributed by atoms with Crippen LogP contribution in [0.1, 0.15) is 66.7 Å². The summed E-state index contributed by atoms with van der Waals surface area (Å²) in [5, 5.41) is 11.2. The summed E-state index contributed by atoms with van der Waals surface area (Å²) in [5.74, 6) is 1.05. The Bertz CT molecular complexity index is 526. The first-order valence-electron chi connectivity index (χ1n) is 9.03. The lowest BCUT2D eigenvalue weighted by molar-refractivity contribution is -0.133. The highest BCUT2D eigenvalue weighted by Gasteiger charge is 2.84. The molecule has 3 aliphatic carbocycles. The predicted octanol–water partition coefficient (Wildman–Crippen LogP) is 4.37. The van der Waals surface area contributed by atoms with Crippen LogP contribution in [-0.4, -0.2) is 17.0 Å². The van der Waals surface area contributed by atoms with E-state index in [4.69, 9.17) is 0 Å². The molecule has 3 rings (SSSR count). The Morgan fingerprint density at radius 2 is 1.91 bits per heavy atom. The van der Waals surface area contributed by atoms with Gasteiger partial charge in [0.25, 0.3) is 0 Å². The van der Waals surface area contributed by atoms with Crippen molar-refractivity contribution < 1.29 is 9.90 Å². The van der Waals surface area contributed by atoms with Crippen molar-refractivity contribution in [1.29, 1.82) is 0 Å². The molecule has 1 spiro atoms. The fraction of sp³-hybridized carbons (Fsp3) is 0.850. The van der Waals surface area contributed by atoms with Gasteiger partial charge in [0.05, 0.1) is 6.10 Å². The van der Waals surface area contributed by atoms with Crippen LogP contribution in [-0.2, 0) is 4.79 Å². The Kier molecular flexibility index (Phi) is 3.30. The SMILES string of the molecule is C=C[C@]1(C)CC[C@]2(C)C(C)C23C(=O)CC[C@@]3(CC)[C@@H](C)[C@@H]1O. The zero-order chi connectivity index (χ0) is 16.6. The van der Waals surface area contributed by atoms with Gasteiger partial charge in [-0.25, -0.2) is 0 Å². The number of carbonyl (C=O) groups is 1. The van der Waals surface area contributed by atoms with Crippen LogP contribution in [0.5, 0.6) is 0 Å². The van der Waals surface area contributed by atoms with Crippen molar-refractivity contribution in [2.45, 2.75) is 72.8 Å². The lowest BCUT2D eigenvalue weighted by Crippen LogP contribution is -2.50. The average molecular weight is 304 g/mol. The molecular formula is C20H32O2. The predicted molar refractivity (Wildman–Crippen MR) is 89.4 cm³/mol. The summed E-state index contributed by atoms with van der Waals surface area (Å²) in [7, 11) is 0. The minimum Gasteiger partial charge on any atom is -0.392 e. The molecule has 0 bridgehead atoms. The molecule has 3 saturated carbocycles. The highest BCUT2D eigenvalue weighted by Crippen LogP contribution is 2.85. The number of ketones is 1. The molecule has 0 heterocycles. The number of aliphatic hydroxyl groups excluding tert-OH is 1. The molecule has 1 N–H and O–H groups in total. The molecule has 0 aromatic rings. The Labute approximate surface area is 135 Å². The lowest BCUT2D eigenvalue weighted by atomic mass is 9.54. The van der Waals surface area contributed by atoms with E-state index in [0.717, 1.165) is 25.7 Å². The fourth-order valence-corrected chi connectivity index (χ4v) is 7.04. The summed E-state index contributed by atoms with van der Waals surface area (Å²) in [6, 6.07) is 0. The van der Waals surface area contributed by atoms with E-state index in [-0.39, 0.29) is 27.6 Å². The number of rotatable bonds is 2. The summed E-state index contributed by atoms with van der Waals surface area (Å²) in [5.41, 5.74) is -0.361. The smallest absolute Gasteiger partial charge is 0.140 e. The highest BCUT2D eigenvalue weighted by atomic mass is 16.3. The summed E-state index contributed by atoms with van der Waals surface area (Å²) in [6.45, 7) is 15.2. The molecule has 22 heavy (non-hydrogen) atoms. The van der Waals surface area contributed by atoms with E-state index >= 15 is 0 Å². The van der Waals surface area contributed by atoms with E-state index < -0.39 is 6.10 Å². The molecule has 0 saturated heterocycles. The Morgan fingerprint density at radius 1 is 1.27 bits per heavy atom. The van der Waals surface area contributed by atoms with E-state index in [2.05, 4.69) is 41.2 Å². The molecule has 0 amide bonds. The van der Waals surface area contributed by atoms with Gasteiger partial charge in [-0.1, -0.05) is 40.7 Å². The standard InChI is InChI=1S/C20H32O2/c1-7-17(5)11-12-18(6)14(4)20(18)15(21)9-10-19(20,8-2)13(3)16(17)22/h7,13-14,16,22H,1,8-12H2,2-6H3/t13-,14?,16-,17+,18+,19-,20?/m0/s1. The topological polar surface area (TPSA) is 37.3 Å². The molecule has 3 aliphatic rings. The summed E-state index contributed by atoms with van der Waals surface area (Å²) in [4.78, 5) is 13.0. The molecule has 2 unspecified atom stereocenters. The van der Waals surface area contributed by atoms with E-state index in [0.29, 0.717) is 18.1 Å². The van der Waals surface area contributed by atoms with Gasteiger partial charge in [-0.15, -0.1) is 6.58 Å². The van der Waals surface area contributed by atoms with E-state index in [9.17, 15) is 9.90 Å². The van der Waals surface area contributed by atoms with E-state index in [1.807, 2.05) is 6.08 Å². The second kappa shape index (κ2) is 4.47. The van der Waals surface area contributed by atoms with Crippen LogP contribution in [0.15, 0.2) is 12.7 Å². The van der Waals surface area contributed by atoms with Crippen molar-refractivity contribution in [1.82, 2.24) is 0 Å². The molecule has 2 nitrogen and oxygen atoms in total. The number of Topliss-reactive ketones (excluding diaryl/α,β-unsaturated/α-hetero) is 1. The second-order valence-electron chi connectivity index (χ2n) is 8.82. The number of carbonyl (C=O) groups excluding carboxylic acids is 1. The largest absolute Gasteiger partial charge is 0.392 e. The van der Waals surface area contributed by atoms with Crippen molar-refractivity contribution in [2.24, 2.45) is 33.5 Å². The first kappa shape index (κ1) is 16.2. The van der Waals surface area contributed by atoms with Gasteiger partial charge < -0.3 is 5.11 Å². The quantitative estimate of drug-likeness (QED) is 0.769. The van der Waals surface area contributed by atoms with Gasteiger partial charge in [0.15, 0.2) is 0 Å². The highest BCUT2D eigenvalue weighted by molar-refractivity contribution is 5.93. The first-order chi connectivity index (χ1) is 10.2. The van der Waals surface area contributed by atoms with Gasteiger partial charge in [-0.2, -0.15) is 0 Å². The molecule has 0 aromatic heterocycles. The molecule has 0 aromatic carbocycles. The molecular weight excluding hydrogens is 272 g/mol. The van der Waals surface area contributed by atoms with Crippen molar-refractivity contribution in [3.8, 4) is 0 Å². The molecule has 0 aliphatic heterocycles. The van der Waals surface area contributed by atoms with Crippen LogP contribution in [0.4, 0.5) is 0 Å². The minimum absolute atomic E-state index is 0.0393. The van der Waals surface area contributed by atoms with Gasteiger partial charge in [0.2, 0.25) is 0 Å². The van der Waals surface area contributed by atoms with Gasteiger partial charge in [0, 0.05) is 17.3 Å². The number of hydrogen-bond acceptors (Lipinski definition) is 2. The van der Waals surface area contributed by atoms with Crippen molar-refractivity contribution in [3.63, 3.8) is 0 Å². The van der Waals surface area contributed by atoms with Crippen LogP contribution >= 0.6 is 0 Å². The van der Waals surface area contributed by atoms with Crippen LogP contribution in [0, 0.1) is 33.5 Å². The van der Waals surface area contributed by atoms with Crippen LogP contribution in [0.25, 0.3) is 0 Å². The molecule has 7 atom stereocenters. The van der Waals surface area contributed by atoms with Gasteiger partial charge >= 0.3 is 0 Å². The number of hydrogen-bond donors (Lipinski definition) is 1. The van der Waals surface area contributed by atoms with Gasteiger partial charge in [-0.05, 0) is 48.3 Å². The third kappa shape index (κ3) is 1.40. The molecule has 3 fully saturated rings. The van der Waals surface area contributed by atoms with Crippen molar-refractivity contribution in [3.05, 3.63) is 12.7 Å². The Balaban J connectivity index is 2.19. The zero-order valence-corrected chi connectivity index (χ0v) is 14.9. The first-order valence-corrected chi connectivity index (χ1v) is 9.03. The maximum Gasteiger partial charge on any atom is 0.140 e. The minimum atomic E-state index is -0.412. The molecule has 124 valence electrons. The summed E-state index contributed by atoms with van der Waals surface area (Å²) in [6.07, 6.45) is 6.14. The fourth-order valence-electron chi connectivity index (χ4n) is 7.04. The van der Waals surface area contributed by atoms with Crippen molar-refractivity contribution in [2.75, 3.05) is 0 Å².